The van der Waals surface area contributed by atoms with E-state index in [1.165, 1.54) is 82.0 Å². The molecule has 0 aromatic carbocycles. The molecule has 0 unspecified atom stereocenters. The molecule has 0 bridgehead atoms. The predicted molar refractivity (Wildman–Crippen MR) is 83.5 cm³/mol. The van der Waals surface area contributed by atoms with Crippen molar-refractivity contribution in [2.24, 2.45) is 0 Å². The first kappa shape index (κ1) is 36.5. The standard InChI is InChI=1S/C16H36N.Ce.2Mn.8O/c1-5-9-13-17(14-10-6-2,15-11-7-3)16-12-8-4;;;;;;;;;;;/h5-16H2,1-4H3;;;;;;;;;;;/q+1;+3;;;;;;;;;2*-1. The van der Waals surface area contributed by atoms with Crippen molar-refractivity contribution in [1.82, 2.24) is 0 Å². The van der Waals surface area contributed by atoms with E-state index in [4.69, 9.17) is 31.4 Å². The first-order valence-corrected chi connectivity index (χ1v) is 13.2. The minimum absolute atomic E-state index is 0. The number of unbranched alkanes of at least 4 members (excludes halogenated alkanes) is 4. The Morgan fingerprint density at radius 2 is 0.679 bits per heavy atom. The van der Waals surface area contributed by atoms with Crippen LogP contribution < -0.4 is 8.38 Å². The molecule has 0 aromatic rings. The molecule has 28 heavy (non-hydrogen) atoms. The van der Waals surface area contributed by atoms with Gasteiger partial charge in [-0.05, 0) is 25.7 Å². The van der Waals surface area contributed by atoms with Crippen molar-refractivity contribution < 1.29 is 104 Å². The molecule has 0 rings (SSSR count). The Morgan fingerprint density at radius 1 is 0.536 bits per heavy atom. The molecule has 0 aromatic heterocycles. The SMILES string of the molecule is CCCC[N+](CCCC)(CCCC)CCCC.[Ce+3].[O]=[Mn](=[O])(=[O])[O-].[O]=[Mn](=[O])(=[O])[O-]. The summed E-state index contributed by atoms with van der Waals surface area (Å²) in [6.07, 6.45) is 11.1. The van der Waals surface area contributed by atoms with Gasteiger partial charge in [0, 0.05) is 0 Å². The van der Waals surface area contributed by atoms with Gasteiger partial charge in [-0.25, -0.2) is 0 Å². The maximum absolute atomic E-state index is 8.58. The van der Waals surface area contributed by atoms with Crippen molar-refractivity contribution in [3.63, 3.8) is 0 Å². The van der Waals surface area contributed by atoms with Crippen LogP contribution in [0.3, 0.4) is 0 Å². The van der Waals surface area contributed by atoms with Crippen LogP contribution >= 0.6 is 0 Å². The van der Waals surface area contributed by atoms with E-state index in [0.717, 1.165) is 0 Å². The van der Waals surface area contributed by atoms with E-state index in [1.807, 2.05) is 0 Å². The molecular weight excluding hydrogens is 584 g/mol. The Labute approximate surface area is 206 Å². The van der Waals surface area contributed by atoms with Crippen molar-refractivity contribution in [3.05, 3.63) is 0 Å². The molecule has 0 atom stereocenters. The molecule has 0 saturated heterocycles. The average Bonchev–Trinajstić information content (AvgIpc) is 2.50. The molecule has 0 fully saturated rings. The van der Waals surface area contributed by atoms with Crippen molar-refractivity contribution in [2.45, 2.75) is 79.1 Å². The summed E-state index contributed by atoms with van der Waals surface area (Å²) >= 11 is -11.2. The summed E-state index contributed by atoms with van der Waals surface area (Å²) in [4.78, 5) is 0. The van der Waals surface area contributed by atoms with E-state index < -0.39 is 25.9 Å². The van der Waals surface area contributed by atoms with Crippen LogP contribution in [0.5, 0.6) is 0 Å². The van der Waals surface area contributed by atoms with E-state index in [1.54, 1.807) is 0 Å². The Kier molecular flexibility index (Phi) is 27.8. The van der Waals surface area contributed by atoms with Gasteiger partial charge in [0.2, 0.25) is 0 Å². The van der Waals surface area contributed by atoms with Crippen LogP contribution in [0.2, 0.25) is 0 Å². The van der Waals surface area contributed by atoms with Gasteiger partial charge in [0.05, 0.1) is 26.2 Å². The third-order valence-corrected chi connectivity index (χ3v) is 3.94. The fraction of sp³-hybridized carbons (Fsp3) is 1.00. The van der Waals surface area contributed by atoms with Crippen LogP contribution in [0.4, 0.5) is 0 Å². The normalized spacial score (nSPS) is 11.4. The Morgan fingerprint density at radius 3 is 0.786 bits per heavy atom. The van der Waals surface area contributed by atoms with Gasteiger partial charge in [0.25, 0.3) is 0 Å². The Hall–Kier alpha value is 1.10. The Bertz CT molecular complexity index is 545. The van der Waals surface area contributed by atoms with E-state index in [9.17, 15) is 0 Å². The van der Waals surface area contributed by atoms with Gasteiger partial charge < -0.3 is 4.48 Å². The molecule has 0 heterocycles. The second-order valence-corrected chi connectivity index (χ2v) is 8.77. The summed E-state index contributed by atoms with van der Waals surface area (Å²) in [6.45, 7) is 15.0. The van der Waals surface area contributed by atoms with Crippen LogP contribution in [0.25, 0.3) is 0 Å². The van der Waals surface area contributed by atoms with Gasteiger partial charge >= 0.3 is 99.1 Å². The van der Waals surface area contributed by atoms with Gasteiger partial charge in [-0.15, -0.1) is 0 Å². The van der Waals surface area contributed by atoms with Crippen LogP contribution in [-0.4, -0.2) is 30.7 Å². The summed E-state index contributed by atoms with van der Waals surface area (Å²) in [5.41, 5.74) is 0. The van der Waals surface area contributed by atoms with Gasteiger partial charge in [-0.1, -0.05) is 53.4 Å². The molecule has 9 nitrogen and oxygen atoms in total. The monoisotopic (exact) mass is 620 g/mol. The summed E-state index contributed by atoms with van der Waals surface area (Å²) in [7, 11) is 0. The number of hydrogen-bond acceptors (Lipinski definition) is 8. The third-order valence-electron chi connectivity index (χ3n) is 3.94. The quantitative estimate of drug-likeness (QED) is 0.237. The van der Waals surface area contributed by atoms with Crippen molar-refractivity contribution >= 4 is 0 Å². The molecule has 1 radical (unpaired) electrons. The molecule has 0 aliphatic heterocycles. The first-order chi connectivity index (χ1) is 12.2. The summed E-state index contributed by atoms with van der Waals surface area (Å²) in [5.74, 6) is 0. The molecule has 0 amide bonds. The maximum atomic E-state index is 8.58. The fourth-order valence-corrected chi connectivity index (χ4v) is 2.64. The predicted octanol–water partition coefficient (Wildman–Crippen LogP) is 1.91. The van der Waals surface area contributed by atoms with Crippen molar-refractivity contribution in [3.8, 4) is 0 Å². The number of hydrogen-bond donors (Lipinski definition) is 0. The zero-order chi connectivity index (χ0) is 22.0. The fourth-order valence-electron chi connectivity index (χ4n) is 2.64. The topological polar surface area (TPSA) is 149 Å². The number of quaternary nitrogens is 1. The van der Waals surface area contributed by atoms with Gasteiger partial charge in [0.15, 0.2) is 0 Å². The number of rotatable bonds is 12. The van der Waals surface area contributed by atoms with Crippen LogP contribution in [-0.2, 0) is 48.9 Å². The van der Waals surface area contributed by atoms with Gasteiger partial charge in [-0.2, -0.15) is 0 Å². The van der Waals surface area contributed by atoms with Crippen molar-refractivity contribution in [1.29, 1.82) is 0 Å². The molecule has 0 N–H and O–H groups in total. The molecule has 0 aliphatic carbocycles. The molecule has 169 valence electrons. The van der Waals surface area contributed by atoms with Crippen molar-refractivity contribution in [2.75, 3.05) is 26.2 Å². The molecular formula is C16H36CeMn2NO8+2. The second-order valence-electron chi connectivity index (χ2n) is 6.41. The van der Waals surface area contributed by atoms with E-state index >= 15 is 0 Å². The summed E-state index contributed by atoms with van der Waals surface area (Å²) < 4.78 is 70.0. The van der Waals surface area contributed by atoms with E-state index in [-0.39, 0.29) is 41.7 Å². The second kappa shape index (κ2) is 21.3. The van der Waals surface area contributed by atoms with Crippen LogP contribution in [0.1, 0.15) is 79.1 Å². The first-order valence-electron chi connectivity index (χ1n) is 9.33. The van der Waals surface area contributed by atoms with E-state index in [0.29, 0.717) is 0 Å². The zero-order valence-corrected chi connectivity index (χ0v) is 23.0. The molecule has 12 heteroatoms. The van der Waals surface area contributed by atoms with E-state index in [2.05, 4.69) is 27.7 Å². The van der Waals surface area contributed by atoms with Crippen LogP contribution in [0.15, 0.2) is 0 Å². The van der Waals surface area contributed by atoms with Crippen LogP contribution in [0, 0.1) is 41.7 Å². The molecule has 0 saturated carbocycles. The third kappa shape index (κ3) is 41.5. The number of nitrogens with zero attached hydrogens (tertiary/aromatic N) is 1. The zero-order valence-electron chi connectivity index (χ0n) is 17.5. The molecule has 0 aliphatic rings. The Balaban J connectivity index is -0.000000216. The summed E-state index contributed by atoms with van der Waals surface area (Å²) in [6, 6.07) is 0. The minimum atomic E-state index is -5.62. The van der Waals surface area contributed by atoms with Gasteiger partial charge in [-0.3, -0.25) is 0 Å². The summed E-state index contributed by atoms with van der Waals surface area (Å²) in [5, 5.41) is 0. The average molecular weight is 620 g/mol. The molecule has 0 spiro atoms. The van der Waals surface area contributed by atoms with Gasteiger partial charge in [0.1, 0.15) is 0 Å².